The lowest BCUT2D eigenvalue weighted by molar-refractivity contribution is 0.102. The van der Waals surface area contributed by atoms with Gasteiger partial charge in [0, 0.05) is 11.3 Å². The molecule has 0 spiro atoms. The van der Waals surface area contributed by atoms with Crippen molar-refractivity contribution in [2.75, 3.05) is 18.7 Å². The van der Waals surface area contributed by atoms with Gasteiger partial charge in [-0.2, -0.15) is 0 Å². The lowest BCUT2D eigenvalue weighted by Crippen LogP contribution is -2.13. The third-order valence-electron chi connectivity index (χ3n) is 3.33. The van der Waals surface area contributed by atoms with Crippen molar-refractivity contribution in [1.29, 1.82) is 0 Å². The maximum Gasteiger partial charge on any atom is 0.261 e. The molecule has 0 aliphatic carbocycles. The average Bonchev–Trinajstić information content (AvgIpc) is 3.01. The summed E-state index contributed by atoms with van der Waals surface area (Å²) in [4.78, 5) is 13.5. The maximum absolute atomic E-state index is 12.4. The van der Waals surface area contributed by atoms with E-state index in [-0.39, 0.29) is 5.91 Å². The number of hydrogen-bond donors (Lipinski definition) is 1. The Labute approximate surface area is 144 Å². The average molecular weight is 351 g/mol. The van der Waals surface area contributed by atoms with E-state index in [2.05, 4.69) is 22.4 Å². The molecule has 2 aromatic rings. The third kappa shape index (κ3) is 4.94. The van der Waals surface area contributed by atoms with E-state index >= 15 is 0 Å². The second-order valence-electron chi connectivity index (χ2n) is 4.98. The molecular formula is C16H21N3O2S2. The van der Waals surface area contributed by atoms with Gasteiger partial charge in [-0.3, -0.25) is 10.1 Å². The summed E-state index contributed by atoms with van der Waals surface area (Å²) in [6, 6.07) is 5.53. The van der Waals surface area contributed by atoms with Crippen molar-refractivity contribution in [2.24, 2.45) is 0 Å². The zero-order chi connectivity index (χ0) is 16.7. The van der Waals surface area contributed by atoms with Crippen LogP contribution in [0.15, 0.2) is 23.1 Å². The third-order valence-corrected chi connectivity index (χ3v) is 4.96. The Morgan fingerprint density at radius 2 is 2.17 bits per heavy atom. The molecule has 2 rings (SSSR count). The number of carbonyl (C=O) groups is 1. The Bertz CT molecular complexity index is 659. The lowest BCUT2D eigenvalue weighted by atomic mass is 10.2. The summed E-state index contributed by atoms with van der Waals surface area (Å²) in [6.07, 6.45) is 6.35. The van der Waals surface area contributed by atoms with Crippen LogP contribution < -0.4 is 10.1 Å². The van der Waals surface area contributed by atoms with Crippen molar-refractivity contribution in [3.8, 4) is 5.75 Å². The van der Waals surface area contributed by atoms with Crippen molar-refractivity contribution in [1.82, 2.24) is 10.2 Å². The molecule has 0 saturated carbocycles. The highest BCUT2D eigenvalue weighted by Gasteiger charge is 2.15. The van der Waals surface area contributed by atoms with E-state index in [1.54, 1.807) is 24.9 Å². The molecule has 0 unspecified atom stereocenters. The molecule has 5 nitrogen and oxygen atoms in total. The van der Waals surface area contributed by atoms with Gasteiger partial charge in [-0.25, -0.2) is 0 Å². The Kier molecular flexibility index (Phi) is 6.85. The van der Waals surface area contributed by atoms with Gasteiger partial charge in [-0.15, -0.1) is 22.0 Å². The quantitative estimate of drug-likeness (QED) is 0.569. The molecular weight excluding hydrogens is 330 g/mol. The van der Waals surface area contributed by atoms with Crippen LogP contribution in [0.25, 0.3) is 0 Å². The summed E-state index contributed by atoms with van der Waals surface area (Å²) in [5, 5.41) is 12.4. The minimum Gasteiger partial charge on any atom is -0.496 e. The maximum atomic E-state index is 12.4. The number of methoxy groups -OCH3 is 1. The molecule has 124 valence electrons. The Balaban J connectivity index is 2.04. The van der Waals surface area contributed by atoms with Crippen molar-refractivity contribution in [3.05, 3.63) is 28.8 Å². The number of thioether (sulfide) groups is 1. The van der Waals surface area contributed by atoms with E-state index in [0.29, 0.717) is 16.4 Å². The zero-order valence-corrected chi connectivity index (χ0v) is 15.2. The number of aromatic nitrogens is 2. The summed E-state index contributed by atoms with van der Waals surface area (Å²) in [5.74, 6) is 0.327. The molecule has 0 aliphatic rings. The molecule has 0 bridgehead atoms. The topological polar surface area (TPSA) is 64.1 Å². The summed E-state index contributed by atoms with van der Waals surface area (Å²) in [5.41, 5.74) is 0.494. The highest BCUT2D eigenvalue weighted by Crippen LogP contribution is 2.26. The van der Waals surface area contributed by atoms with Gasteiger partial charge < -0.3 is 4.74 Å². The van der Waals surface area contributed by atoms with Crippen molar-refractivity contribution < 1.29 is 9.53 Å². The summed E-state index contributed by atoms with van der Waals surface area (Å²) in [7, 11) is 1.56. The number of nitrogens with one attached hydrogen (secondary N) is 1. The predicted octanol–water partition coefficient (Wildman–Crippen LogP) is 4.25. The number of rotatable bonds is 8. The standard InChI is InChI=1S/C16H21N3O2S2/c1-4-5-6-7-14-18-19-16(23-14)17-15(20)12-9-8-11(22-3)10-13(12)21-2/h8-10H,4-7H2,1-3H3,(H,17,19,20). The first-order valence-corrected chi connectivity index (χ1v) is 9.57. The number of amides is 1. The highest BCUT2D eigenvalue weighted by molar-refractivity contribution is 7.98. The molecule has 7 heteroatoms. The first kappa shape index (κ1) is 17.7. The number of ether oxygens (including phenoxy) is 1. The fraction of sp³-hybridized carbons (Fsp3) is 0.438. The van der Waals surface area contributed by atoms with Gasteiger partial charge in [0.15, 0.2) is 0 Å². The van der Waals surface area contributed by atoms with Crippen LogP contribution in [-0.2, 0) is 6.42 Å². The van der Waals surface area contributed by atoms with Crippen LogP contribution in [0.2, 0.25) is 0 Å². The van der Waals surface area contributed by atoms with Gasteiger partial charge in [-0.05, 0) is 30.9 Å². The first-order valence-electron chi connectivity index (χ1n) is 7.53. The molecule has 0 saturated heterocycles. The van der Waals surface area contributed by atoms with E-state index in [1.165, 1.54) is 24.2 Å². The van der Waals surface area contributed by atoms with Crippen molar-refractivity contribution >= 4 is 34.1 Å². The minimum absolute atomic E-state index is 0.231. The van der Waals surface area contributed by atoms with Gasteiger partial charge in [0.05, 0.1) is 12.7 Å². The van der Waals surface area contributed by atoms with E-state index < -0.39 is 0 Å². The number of unbranched alkanes of at least 4 members (excludes halogenated alkanes) is 2. The van der Waals surface area contributed by atoms with Gasteiger partial charge in [0.25, 0.3) is 5.91 Å². The molecule has 0 atom stereocenters. The second kappa shape index (κ2) is 8.88. The molecule has 1 aromatic carbocycles. The Morgan fingerprint density at radius 1 is 1.35 bits per heavy atom. The van der Waals surface area contributed by atoms with Gasteiger partial charge in [0.1, 0.15) is 10.8 Å². The van der Waals surface area contributed by atoms with E-state index in [9.17, 15) is 4.79 Å². The van der Waals surface area contributed by atoms with Crippen molar-refractivity contribution in [2.45, 2.75) is 37.5 Å². The van der Waals surface area contributed by atoms with Crippen LogP contribution in [0.5, 0.6) is 5.75 Å². The van der Waals surface area contributed by atoms with Crippen LogP contribution in [0.4, 0.5) is 5.13 Å². The molecule has 1 amide bonds. The SMILES string of the molecule is CCCCCc1nnc(NC(=O)c2ccc(SC)cc2OC)s1. The number of hydrogen-bond acceptors (Lipinski definition) is 6. The zero-order valence-electron chi connectivity index (χ0n) is 13.6. The molecule has 0 radical (unpaired) electrons. The normalized spacial score (nSPS) is 10.6. The Morgan fingerprint density at radius 3 is 2.87 bits per heavy atom. The van der Waals surface area contributed by atoms with Gasteiger partial charge >= 0.3 is 0 Å². The van der Waals surface area contributed by atoms with E-state index in [4.69, 9.17) is 4.74 Å². The van der Waals surface area contributed by atoms with Crippen LogP contribution in [0.3, 0.4) is 0 Å². The van der Waals surface area contributed by atoms with Crippen LogP contribution in [0, 0.1) is 0 Å². The summed E-state index contributed by atoms with van der Waals surface area (Å²) in [6.45, 7) is 2.17. The number of anilines is 1. The summed E-state index contributed by atoms with van der Waals surface area (Å²) < 4.78 is 5.31. The Hall–Kier alpha value is -1.60. The molecule has 1 heterocycles. The van der Waals surface area contributed by atoms with Crippen LogP contribution in [-0.4, -0.2) is 29.5 Å². The number of nitrogens with zero attached hydrogens (tertiary/aromatic N) is 2. The fourth-order valence-corrected chi connectivity index (χ4v) is 3.29. The largest absolute Gasteiger partial charge is 0.496 e. The molecule has 1 N–H and O–H groups in total. The second-order valence-corrected chi connectivity index (χ2v) is 6.92. The predicted molar refractivity (Wildman–Crippen MR) is 95.9 cm³/mol. The van der Waals surface area contributed by atoms with Crippen molar-refractivity contribution in [3.63, 3.8) is 0 Å². The highest BCUT2D eigenvalue weighted by atomic mass is 32.2. The fourth-order valence-electron chi connectivity index (χ4n) is 2.08. The van der Waals surface area contributed by atoms with E-state index in [1.807, 2.05) is 18.4 Å². The molecule has 23 heavy (non-hydrogen) atoms. The van der Waals surface area contributed by atoms with Crippen LogP contribution >= 0.6 is 23.1 Å². The summed E-state index contributed by atoms with van der Waals surface area (Å²) >= 11 is 3.03. The minimum atomic E-state index is -0.231. The molecule has 0 fully saturated rings. The van der Waals surface area contributed by atoms with Gasteiger partial charge in [-0.1, -0.05) is 31.1 Å². The van der Waals surface area contributed by atoms with E-state index in [0.717, 1.165) is 22.7 Å². The number of carbonyl (C=O) groups excluding carboxylic acids is 1. The first-order chi connectivity index (χ1) is 11.2. The lowest BCUT2D eigenvalue weighted by Gasteiger charge is -2.09. The van der Waals surface area contributed by atoms with Gasteiger partial charge in [0.2, 0.25) is 5.13 Å². The number of aryl methyl sites for hydroxylation is 1. The monoisotopic (exact) mass is 351 g/mol. The molecule has 1 aromatic heterocycles. The number of benzene rings is 1. The van der Waals surface area contributed by atoms with Crippen LogP contribution in [0.1, 0.15) is 41.6 Å². The smallest absolute Gasteiger partial charge is 0.261 e. The molecule has 0 aliphatic heterocycles.